The Morgan fingerprint density at radius 1 is 1.40 bits per heavy atom. The van der Waals surface area contributed by atoms with Crippen LogP contribution in [0.1, 0.15) is 19.4 Å². The lowest BCUT2D eigenvalue weighted by Gasteiger charge is -2.07. The summed E-state index contributed by atoms with van der Waals surface area (Å²) in [5.41, 5.74) is 7.05. The highest BCUT2D eigenvalue weighted by atomic mass is 35.5. The second-order valence-electron chi connectivity index (χ2n) is 3.92. The molecule has 0 aliphatic carbocycles. The molecular formula is C12H15ClN2. The van der Waals surface area contributed by atoms with Gasteiger partial charge < -0.3 is 11.1 Å². The van der Waals surface area contributed by atoms with E-state index >= 15 is 0 Å². The number of benzene rings is 1. The third-order valence-corrected chi connectivity index (χ3v) is 2.08. The monoisotopic (exact) mass is 222 g/mol. The van der Waals surface area contributed by atoms with Gasteiger partial charge in [-0.05, 0) is 32.0 Å². The Kier molecular flexibility index (Phi) is 3.62. The molecule has 0 saturated carbocycles. The van der Waals surface area contributed by atoms with Gasteiger partial charge in [0.25, 0.3) is 0 Å². The van der Waals surface area contributed by atoms with E-state index in [4.69, 9.17) is 17.3 Å². The SMILES string of the molecule is CNc1ccc(C#CC(C)(C)N)cc1Cl. The molecule has 1 aromatic rings. The Morgan fingerprint density at radius 3 is 2.53 bits per heavy atom. The number of nitrogens with two attached hydrogens (primary N) is 1. The van der Waals surface area contributed by atoms with Crippen molar-refractivity contribution in [3.63, 3.8) is 0 Å². The molecule has 3 heteroatoms. The molecule has 0 heterocycles. The molecule has 0 amide bonds. The quantitative estimate of drug-likeness (QED) is 0.717. The van der Waals surface area contributed by atoms with E-state index in [0.29, 0.717) is 5.02 Å². The average molecular weight is 223 g/mol. The third kappa shape index (κ3) is 3.83. The Bertz CT molecular complexity index is 408. The van der Waals surface area contributed by atoms with Crippen LogP contribution >= 0.6 is 11.6 Å². The van der Waals surface area contributed by atoms with Crippen LogP contribution in [0.15, 0.2) is 18.2 Å². The molecule has 0 unspecified atom stereocenters. The minimum Gasteiger partial charge on any atom is -0.387 e. The highest BCUT2D eigenvalue weighted by Gasteiger charge is 2.04. The number of rotatable bonds is 1. The van der Waals surface area contributed by atoms with Crippen LogP contribution in [0.3, 0.4) is 0 Å². The molecule has 0 bridgehead atoms. The van der Waals surface area contributed by atoms with E-state index in [0.717, 1.165) is 11.3 Å². The van der Waals surface area contributed by atoms with E-state index in [2.05, 4.69) is 17.2 Å². The third-order valence-electron chi connectivity index (χ3n) is 1.77. The van der Waals surface area contributed by atoms with Gasteiger partial charge >= 0.3 is 0 Å². The number of anilines is 1. The Balaban J connectivity index is 2.97. The summed E-state index contributed by atoms with van der Waals surface area (Å²) in [7, 11) is 1.83. The molecule has 1 aromatic carbocycles. The van der Waals surface area contributed by atoms with Crippen molar-refractivity contribution < 1.29 is 0 Å². The molecule has 0 spiro atoms. The van der Waals surface area contributed by atoms with E-state index in [1.807, 2.05) is 39.1 Å². The maximum absolute atomic E-state index is 6.02. The van der Waals surface area contributed by atoms with Crippen LogP contribution in [0.5, 0.6) is 0 Å². The van der Waals surface area contributed by atoms with E-state index < -0.39 is 5.54 Å². The molecule has 0 aliphatic rings. The van der Waals surface area contributed by atoms with Gasteiger partial charge in [0, 0.05) is 12.6 Å². The molecule has 1 rings (SSSR count). The molecular weight excluding hydrogens is 208 g/mol. The van der Waals surface area contributed by atoms with Gasteiger partial charge in [0.05, 0.1) is 16.2 Å². The van der Waals surface area contributed by atoms with Gasteiger partial charge in [0.15, 0.2) is 0 Å². The summed E-state index contributed by atoms with van der Waals surface area (Å²) in [6.07, 6.45) is 0. The van der Waals surface area contributed by atoms with Crippen LogP contribution < -0.4 is 11.1 Å². The molecule has 3 N–H and O–H groups in total. The molecule has 0 aliphatic heterocycles. The number of halogens is 1. The smallest absolute Gasteiger partial charge is 0.0722 e. The minimum absolute atomic E-state index is 0.478. The molecule has 0 atom stereocenters. The maximum atomic E-state index is 6.02. The summed E-state index contributed by atoms with van der Waals surface area (Å²) < 4.78 is 0. The van der Waals surface area contributed by atoms with E-state index in [9.17, 15) is 0 Å². The fourth-order valence-electron chi connectivity index (χ4n) is 1.03. The highest BCUT2D eigenvalue weighted by molar-refractivity contribution is 6.33. The summed E-state index contributed by atoms with van der Waals surface area (Å²) in [4.78, 5) is 0. The van der Waals surface area contributed by atoms with Crippen molar-refractivity contribution >= 4 is 17.3 Å². The Morgan fingerprint density at radius 2 is 2.07 bits per heavy atom. The van der Waals surface area contributed by atoms with Crippen molar-refractivity contribution in [2.24, 2.45) is 5.73 Å². The van der Waals surface area contributed by atoms with Crippen LogP contribution in [-0.2, 0) is 0 Å². The summed E-state index contributed by atoms with van der Waals surface area (Å²) in [6, 6.07) is 5.64. The van der Waals surface area contributed by atoms with E-state index in [1.165, 1.54) is 0 Å². The van der Waals surface area contributed by atoms with Gasteiger partial charge in [-0.3, -0.25) is 0 Å². The number of hydrogen-bond acceptors (Lipinski definition) is 2. The number of nitrogens with one attached hydrogen (secondary N) is 1. The van der Waals surface area contributed by atoms with Crippen LogP contribution in [0.2, 0.25) is 5.02 Å². The number of hydrogen-bond donors (Lipinski definition) is 2. The van der Waals surface area contributed by atoms with Gasteiger partial charge in [-0.15, -0.1) is 0 Å². The summed E-state index contributed by atoms with van der Waals surface area (Å²) >= 11 is 6.02. The lowest BCUT2D eigenvalue weighted by atomic mass is 10.1. The van der Waals surface area contributed by atoms with Crippen LogP contribution in [0.25, 0.3) is 0 Å². The minimum atomic E-state index is -0.478. The predicted octanol–water partition coefficient (Wildman–Crippen LogP) is 2.47. The Labute approximate surface area is 95.8 Å². The molecule has 15 heavy (non-hydrogen) atoms. The lowest BCUT2D eigenvalue weighted by molar-refractivity contribution is 0.680. The van der Waals surface area contributed by atoms with Gasteiger partial charge in [-0.25, -0.2) is 0 Å². The fraction of sp³-hybridized carbons (Fsp3) is 0.333. The first-order valence-corrected chi connectivity index (χ1v) is 5.09. The zero-order chi connectivity index (χ0) is 11.5. The predicted molar refractivity (Wildman–Crippen MR) is 66.1 cm³/mol. The van der Waals surface area contributed by atoms with Crippen LogP contribution in [0, 0.1) is 11.8 Å². The topological polar surface area (TPSA) is 38.0 Å². The zero-order valence-electron chi connectivity index (χ0n) is 9.19. The highest BCUT2D eigenvalue weighted by Crippen LogP contribution is 2.21. The van der Waals surface area contributed by atoms with Crippen molar-refractivity contribution in [1.82, 2.24) is 0 Å². The average Bonchev–Trinajstić information content (AvgIpc) is 2.14. The van der Waals surface area contributed by atoms with Gasteiger partial charge in [0.1, 0.15) is 0 Å². The summed E-state index contributed by atoms with van der Waals surface area (Å²) in [5, 5.41) is 3.66. The lowest BCUT2D eigenvalue weighted by Crippen LogP contribution is -2.29. The second kappa shape index (κ2) is 4.57. The largest absolute Gasteiger partial charge is 0.387 e. The van der Waals surface area contributed by atoms with Crippen molar-refractivity contribution in [2.75, 3.05) is 12.4 Å². The first-order chi connectivity index (χ1) is 6.92. The van der Waals surface area contributed by atoms with Crippen LogP contribution in [0.4, 0.5) is 5.69 Å². The van der Waals surface area contributed by atoms with Crippen molar-refractivity contribution in [3.8, 4) is 11.8 Å². The Hall–Kier alpha value is -1.17. The van der Waals surface area contributed by atoms with Gasteiger partial charge in [-0.2, -0.15) is 0 Å². The molecule has 0 radical (unpaired) electrons. The second-order valence-corrected chi connectivity index (χ2v) is 4.32. The molecule has 0 saturated heterocycles. The van der Waals surface area contributed by atoms with Crippen LogP contribution in [-0.4, -0.2) is 12.6 Å². The first-order valence-electron chi connectivity index (χ1n) is 4.72. The van der Waals surface area contributed by atoms with Gasteiger partial charge in [-0.1, -0.05) is 23.4 Å². The zero-order valence-corrected chi connectivity index (χ0v) is 9.94. The van der Waals surface area contributed by atoms with Crippen molar-refractivity contribution in [2.45, 2.75) is 19.4 Å². The standard InChI is InChI=1S/C12H15ClN2/c1-12(2,14)7-6-9-4-5-11(15-3)10(13)8-9/h4-5,8,15H,14H2,1-3H3. The van der Waals surface area contributed by atoms with Crippen molar-refractivity contribution in [3.05, 3.63) is 28.8 Å². The molecule has 80 valence electrons. The molecule has 0 fully saturated rings. The van der Waals surface area contributed by atoms with E-state index in [-0.39, 0.29) is 0 Å². The molecule has 2 nitrogen and oxygen atoms in total. The first kappa shape index (κ1) is 11.9. The molecule has 0 aromatic heterocycles. The van der Waals surface area contributed by atoms with Crippen molar-refractivity contribution in [1.29, 1.82) is 0 Å². The van der Waals surface area contributed by atoms with Gasteiger partial charge in [0.2, 0.25) is 0 Å². The summed E-state index contributed by atoms with van der Waals surface area (Å²) in [6.45, 7) is 3.73. The summed E-state index contributed by atoms with van der Waals surface area (Å²) in [5.74, 6) is 5.94. The maximum Gasteiger partial charge on any atom is 0.0722 e. The fourth-order valence-corrected chi connectivity index (χ4v) is 1.30. The normalized spacial score (nSPS) is 10.5. The van der Waals surface area contributed by atoms with E-state index in [1.54, 1.807) is 0 Å².